The number of amides is 2. The maximum absolute atomic E-state index is 12.7. The lowest BCUT2D eigenvalue weighted by Crippen LogP contribution is -2.29. The Morgan fingerprint density at radius 2 is 1.97 bits per heavy atom. The third-order valence-corrected chi connectivity index (χ3v) is 5.68. The quantitative estimate of drug-likeness (QED) is 0.548. The molecular weight excluding hydrogens is 456 g/mol. The van der Waals surface area contributed by atoms with Gasteiger partial charge in [-0.1, -0.05) is 23.8 Å². The van der Waals surface area contributed by atoms with E-state index in [0.717, 1.165) is 11.0 Å². The Bertz CT molecular complexity index is 1130. The number of benzene rings is 2. The highest BCUT2D eigenvalue weighted by Gasteiger charge is 2.21. The molecule has 1 atom stereocenters. The van der Waals surface area contributed by atoms with Crippen molar-refractivity contribution >= 4 is 50.4 Å². The van der Waals surface area contributed by atoms with Gasteiger partial charge in [0.15, 0.2) is 0 Å². The molecular formula is C21H18BrClN4O2. The maximum Gasteiger partial charge on any atom is 0.255 e. The number of imidazole rings is 1. The van der Waals surface area contributed by atoms with E-state index in [9.17, 15) is 9.59 Å². The van der Waals surface area contributed by atoms with E-state index in [0.29, 0.717) is 39.5 Å². The molecule has 0 radical (unpaired) electrons. The van der Waals surface area contributed by atoms with Crippen LogP contribution in [0.15, 0.2) is 53.0 Å². The van der Waals surface area contributed by atoms with Crippen LogP contribution in [0.4, 0.5) is 0 Å². The van der Waals surface area contributed by atoms with Crippen molar-refractivity contribution in [1.82, 2.24) is 20.2 Å². The summed E-state index contributed by atoms with van der Waals surface area (Å²) in [6.07, 6.45) is 3.92. The first kappa shape index (κ1) is 19.7. The Morgan fingerprint density at radius 3 is 2.69 bits per heavy atom. The summed E-state index contributed by atoms with van der Waals surface area (Å²) in [6, 6.07) is 10.1. The highest BCUT2D eigenvalue weighted by molar-refractivity contribution is 9.10. The van der Waals surface area contributed by atoms with E-state index in [1.54, 1.807) is 35.2 Å². The van der Waals surface area contributed by atoms with Crippen molar-refractivity contribution in [2.45, 2.75) is 13.0 Å². The predicted molar refractivity (Wildman–Crippen MR) is 116 cm³/mol. The van der Waals surface area contributed by atoms with Crippen molar-refractivity contribution in [3.63, 3.8) is 0 Å². The fraction of sp³-hybridized carbons (Fsp3) is 0.190. The van der Waals surface area contributed by atoms with Crippen molar-refractivity contribution in [2.24, 2.45) is 0 Å². The molecule has 3 aromatic rings. The fourth-order valence-corrected chi connectivity index (χ4v) is 3.92. The van der Waals surface area contributed by atoms with E-state index in [-0.39, 0.29) is 17.9 Å². The Morgan fingerprint density at radius 1 is 1.21 bits per heavy atom. The van der Waals surface area contributed by atoms with Gasteiger partial charge in [0.25, 0.3) is 11.8 Å². The predicted octanol–water partition coefficient (Wildman–Crippen LogP) is 4.48. The molecule has 4 rings (SSSR count). The van der Waals surface area contributed by atoms with Crippen molar-refractivity contribution in [3.05, 3.63) is 75.0 Å². The lowest BCUT2D eigenvalue weighted by atomic mass is 10.1. The number of aromatic amines is 1. The Labute approximate surface area is 181 Å². The number of hydrogen-bond donors (Lipinski definition) is 2. The van der Waals surface area contributed by atoms with E-state index in [1.807, 2.05) is 25.1 Å². The first-order chi connectivity index (χ1) is 13.9. The van der Waals surface area contributed by atoms with Gasteiger partial charge in [-0.25, -0.2) is 4.98 Å². The number of rotatable bonds is 4. The molecule has 2 N–H and O–H groups in total. The normalized spacial score (nSPS) is 14.4. The second kappa shape index (κ2) is 8.00. The monoisotopic (exact) mass is 472 g/mol. The molecule has 0 bridgehead atoms. The third kappa shape index (κ3) is 4.06. The third-order valence-electron chi connectivity index (χ3n) is 4.79. The lowest BCUT2D eigenvalue weighted by Gasteiger charge is -2.17. The number of nitrogens with zero attached hydrogens (tertiary/aromatic N) is 2. The summed E-state index contributed by atoms with van der Waals surface area (Å²) >= 11 is 9.44. The second-order valence-corrected chi connectivity index (χ2v) is 8.15. The average Bonchev–Trinajstić information content (AvgIpc) is 3.36. The highest BCUT2D eigenvalue weighted by Crippen LogP contribution is 2.23. The number of fused-ring (bicyclic) bond motifs is 1. The van der Waals surface area contributed by atoms with Crippen LogP contribution in [0.3, 0.4) is 0 Å². The molecule has 0 saturated carbocycles. The number of carbonyl (C=O) groups excluding carboxylic acids is 2. The van der Waals surface area contributed by atoms with Gasteiger partial charge < -0.3 is 15.2 Å². The zero-order chi connectivity index (χ0) is 20.5. The summed E-state index contributed by atoms with van der Waals surface area (Å²) in [7, 11) is 0. The van der Waals surface area contributed by atoms with Crippen LogP contribution in [0.1, 0.15) is 39.5 Å². The van der Waals surface area contributed by atoms with E-state index in [1.165, 1.54) is 0 Å². The van der Waals surface area contributed by atoms with Crippen LogP contribution in [0, 0.1) is 0 Å². The molecule has 0 spiro atoms. The van der Waals surface area contributed by atoms with Crippen molar-refractivity contribution < 1.29 is 9.59 Å². The number of aromatic nitrogens is 2. The smallest absolute Gasteiger partial charge is 0.255 e. The molecule has 2 heterocycles. The number of carbonyl (C=O) groups is 2. The van der Waals surface area contributed by atoms with Crippen molar-refractivity contribution in [1.29, 1.82) is 0 Å². The number of hydrogen-bond acceptors (Lipinski definition) is 3. The molecule has 0 fully saturated rings. The Hall–Kier alpha value is -2.64. The largest absolute Gasteiger partial charge is 0.342 e. The fourth-order valence-electron chi connectivity index (χ4n) is 3.20. The zero-order valence-corrected chi connectivity index (χ0v) is 17.9. The molecule has 1 aliphatic heterocycles. The van der Waals surface area contributed by atoms with Gasteiger partial charge in [0.2, 0.25) is 0 Å². The standard InChI is InChI=1S/C21H18BrClN4O2/c1-12(19-25-17-7-5-14(23)11-18(17)26-19)24-20(28)13-4-6-15(16(22)10-13)21(29)27-8-2-3-9-27/h2-7,10-12H,8-9H2,1H3,(H,24,28)(H,25,26). The zero-order valence-electron chi connectivity index (χ0n) is 15.6. The summed E-state index contributed by atoms with van der Waals surface area (Å²) in [5.41, 5.74) is 2.59. The molecule has 2 aromatic carbocycles. The molecule has 6 nitrogen and oxygen atoms in total. The first-order valence-electron chi connectivity index (χ1n) is 9.12. The van der Waals surface area contributed by atoms with Gasteiger partial charge in [-0.05, 0) is 59.3 Å². The molecule has 148 valence electrons. The molecule has 0 saturated heterocycles. The van der Waals surface area contributed by atoms with Gasteiger partial charge >= 0.3 is 0 Å². The SMILES string of the molecule is CC(NC(=O)c1ccc(C(=O)N2CC=CC2)c(Br)c1)c1nc2ccc(Cl)cc2[nH]1. The van der Waals surface area contributed by atoms with E-state index >= 15 is 0 Å². The van der Waals surface area contributed by atoms with Gasteiger partial charge in [-0.2, -0.15) is 0 Å². The van der Waals surface area contributed by atoms with Gasteiger partial charge in [0.05, 0.1) is 22.6 Å². The van der Waals surface area contributed by atoms with E-state index in [2.05, 4.69) is 31.2 Å². The van der Waals surface area contributed by atoms with Gasteiger partial charge in [0, 0.05) is 28.1 Å². The second-order valence-electron chi connectivity index (χ2n) is 6.85. The van der Waals surface area contributed by atoms with Gasteiger partial charge in [0.1, 0.15) is 5.82 Å². The van der Waals surface area contributed by atoms with Gasteiger partial charge in [-0.3, -0.25) is 9.59 Å². The summed E-state index contributed by atoms with van der Waals surface area (Å²) in [5.74, 6) is 0.324. The molecule has 0 aliphatic carbocycles. The Kier molecular flexibility index (Phi) is 5.43. The summed E-state index contributed by atoms with van der Waals surface area (Å²) in [5, 5.41) is 3.55. The topological polar surface area (TPSA) is 78.1 Å². The minimum Gasteiger partial charge on any atom is -0.342 e. The number of halogens is 2. The maximum atomic E-state index is 12.7. The minimum atomic E-state index is -0.329. The molecule has 1 aliphatic rings. The van der Waals surface area contributed by atoms with Gasteiger partial charge in [-0.15, -0.1) is 0 Å². The molecule has 29 heavy (non-hydrogen) atoms. The van der Waals surface area contributed by atoms with Crippen LogP contribution in [0.2, 0.25) is 5.02 Å². The van der Waals surface area contributed by atoms with Crippen molar-refractivity contribution in [2.75, 3.05) is 13.1 Å². The molecule has 2 amide bonds. The average molecular weight is 474 g/mol. The Balaban J connectivity index is 1.48. The van der Waals surface area contributed by atoms with E-state index < -0.39 is 0 Å². The van der Waals surface area contributed by atoms with Crippen LogP contribution < -0.4 is 5.32 Å². The molecule has 1 unspecified atom stereocenters. The van der Waals surface area contributed by atoms with Crippen LogP contribution in [-0.4, -0.2) is 39.8 Å². The first-order valence-corrected chi connectivity index (χ1v) is 10.3. The summed E-state index contributed by atoms with van der Waals surface area (Å²) in [4.78, 5) is 34.7. The van der Waals surface area contributed by atoms with Crippen LogP contribution in [-0.2, 0) is 0 Å². The lowest BCUT2D eigenvalue weighted by molar-refractivity contribution is 0.0798. The summed E-state index contributed by atoms with van der Waals surface area (Å²) in [6.45, 7) is 3.06. The van der Waals surface area contributed by atoms with Crippen molar-refractivity contribution in [3.8, 4) is 0 Å². The number of H-pyrrole nitrogens is 1. The van der Waals surface area contributed by atoms with Crippen LogP contribution in [0.25, 0.3) is 11.0 Å². The molecule has 1 aromatic heterocycles. The summed E-state index contributed by atoms with van der Waals surface area (Å²) < 4.78 is 0.591. The van der Waals surface area contributed by atoms with Crippen LogP contribution >= 0.6 is 27.5 Å². The minimum absolute atomic E-state index is 0.0665. The number of nitrogens with one attached hydrogen (secondary N) is 2. The highest BCUT2D eigenvalue weighted by atomic mass is 79.9. The van der Waals surface area contributed by atoms with E-state index in [4.69, 9.17) is 11.6 Å². The molecule has 8 heteroatoms. The van der Waals surface area contributed by atoms with Crippen LogP contribution in [0.5, 0.6) is 0 Å².